The van der Waals surface area contributed by atoms with Gasteiger partial charge in [-0.05, 0) is 87.3 Å². The average Bonchev–Trinajstić information content (AvgIpc) is 3.94. The zero-order valence-electron chi connectivity index (χ0n) is 30.3. The summed E-state index contributed by atoms with van der Waals surface area (Å²) in [6.07, 6.45) is 0. The van der Waals surface area contributed by atoms with Crippen molar-refractivity contribution in [2.24, 2.45) is 0 Å². The minimum Gasteiger partial charge on any atom is -0.455 e. The van der Waals surface area contributed by atoms with Crippen molar-refractivity contribution in [1.29, 1.82) is 0 Å². The fraction of sp³-hybridized carbons (Fsp3) is 0.0189. The number of nitrogens with zero attached hydrogens (tertiary/aromatic N) is 1. The first-order valence-corrected chi connectivity index (χ1v) is 19.2. The van der Waals surface area contributed by atoms with Gasteiger partial charge in [-0.25, -0.2) is 0 Å². The summed E-state index contributed by atoms with van der Waals surface area (Å²) in [5.41, 5.74) is 13.7. The largest absolute Gasteiger partial charge is 0.455 e. The normalized spacial score (nSPS) is 13.1. The van der Waals surface area contributed by atoms with Crippen molar-refractivity contribution in [3.05, 3.63) is 222 Å². The van der Waals surface area contributed by atoms with Gasteiger partial charge in [-0.15, -0.1) is 0 Å². The summed E-state index contributed by atoms with van der Waals surface area (Å²) in [5.74, 6) is 0. The van der Waals surface area contributed by atoms with E-state index in [4.69, 9.17) is 8.83 Å². The molecule has 0 spiro atoms. The fourth-order valence-corrected chi connectivity index (χ4v) is 9.62. The third-order valence-electron chi connectivity index (χ3n) is 11.9. The monoisotopic (exact) mass is 715 g/mol. The lowest BCUT2D eigenvalue weighted by Gasteiger charge is -2.35. The van der Waals surface area contributed by atoms with E-state index in [1.165, 1.54) is 33.4 Å². The van der Waals surface area contributed by atoms with E-state index in [1.54, 1.807) is 0 Å². The number of hydrogen-bond acceptors (Lipinski definition) is 3. The maximum absolute atomic E-state index is 6.83. The Hall–Kier alpha value is -7.36. The van der Waals surface area contributed by atoms with Gasteiger partial charge in [0.05, 0.1) is 10.8 Å². The number of rotatable bonds is 5. The van der Waals surface area contributed by atoms with Gasteiger partial charge < -0.3 is 13.7 Å². The number of para-hydroxylation sites is 2. The summed E-state index contributed by atoms with van der Waals surface area (Å²) in [5, 5.41) is 6.43. The molecular weight excluding hydrogens is 683 g/mol. The quantitative estimate of drug-likeness (QED) is 0.178. The van der Waals surface area contributed by atoms with Gasteiger partial charge in [-0.2, -0.15) is 0 Å². The summed E-state index contributed by atoms with van der Waals surface area (Å²) in [4.78, 5) is 2.39. The van der Waals surface area contributed by atoms with Crippen LogP contribution >= 0.6 is 0 Å². The lowest BCUT2D eigenvalue weighted by atomic mass is 9.67. The fourth-order valence-electron chi connectivity index (χ4n) is 9.62. The highest BCUT2D eigenvalue weighted by atomic mass is 16.3. The van der Waals surface area contributed by atoms with E-state index in [0.29, 0.717) is 0 Å². The van der Waals surface area contributed by atoms with Crippen LogP contribution in [0.2, 0.25) is 0 Å². The molecule has 1 aliphatic carbocycles. The van der Waals surface area contributed by atoms with E-state index in [0.717, 1.165) is 71.7 Å². The van der Waals surface area contributed by atoms with Gasteiger partial charge in [0.2, 0.25) is 0 Å². The SMILES string of the molecule is c1ccc(N(c2ccc3c(c2)C(c2ccccc2)(c2ccccc2)c2ccccc2-3)c2ccc3oc4c(c3c2)c2ccccc2c2oc3ccccc3c24)cc1. The topological polar surface area (TPSA) is 29.5 Å². The molecule has 11 aromatic rings. The van der Waals surface area contributed by atoms with Crippen LogP contribution in [0.3, 0.4) is 0 Å². The van der Waals surface area contributed by atoms with Gasteiger partial charge in [0.15, 0.2) is 0 Å². The van der Waals surface area contributed by atoms with Gasteiger partial charge in [0, 0.05) is 38.6 Å². The summed E-state index contributed by atoms with van der Waals surface area (Å²) in [6, 6.07) is 72.0. The molecule has 0 N–H and O–H groups in total. The molecule has 0 saturated heterocycles. The van der Waals surface area contributed by atoms with Crippen LogP contribution < -0.4 is 4.90 Å². The molecule has 0 fully saturated rings. The number of anilines is 3. The molecule has 9 aromatic carbocycles. The van der Waals surface area contributed by atoms with Crippen LogP contribution in [-0.4, -0.2) is 0 Å². The Balaban J connectivity index is 1.14. The lowest BCUT2D eigenvalue weighted by molar-refractivity contribution is 0.665. The van der Waals surface area contributed by atoms with Crippen molar-refractivity contribution in [3.8, 4) is 11.1 Å². The molecule has 262 valence electrons. The first-order valence-electron chi connectivity index (χ1n) is 19.2. The second-order valence-corrected chi connectivity index (χ2v) is 14.8. The number of hydrogen-bond donors (Lipinski definition) is 0. The standard InChI is InChI=1S/C53H33NO2/c1-4-16-34(17-5-1)53(35-18-6-2-7-19-35)45-26-14-12-22-39(45)40-30-28-38(33-46(40)53)54(36-20-8-3-9-21-36)37-29-31-48-44(32-37)49-41-23-10-11-24-42(41)51-50(52(49)56-48)43-25-13-15-27-47(43)55-51/h1-33H. The molecular formula is C53H33NO2. The minimum absolute atomic E-state index is 0.505. The lowest BCUT2D eigenvalue weighted by Crippen LogP contribution is -2.28. The molecule has 0 unspecified atom stereocenters. The van der Waals surface area contributed by atoms with E-state index in [2.05, 4.69) is 193 Å². The maximum Gasteiger partial charge on any atom is 0.147 e. The third-order valence-corrected chi connectivity index (χ3v) is 11.9. The van der Waals surface area contributed by atoms with Crippen molar-refractivity contribution in [2.75, 3.05) is 4.90 Å². The average molecular weight is 716 g/mol. The smallest absolute Gasteiger partial charge is 0.147 e. The zero-order valence-corrected chi connectivity index (χ0v) is 30.3. The van der Waals surface area contributed by atoms with Crippen molar-refractivity contribution < 1.29 is 8.83 Å². The first kappa shape index (κ1) is 31.0. The van der Waals surface area contributed by atoms with Crippen LogP contribution in [0.1, 0.15) is 22.3 Å². The van der Waals surface area contributed by atoms with Crippen LogP contribution in [0.4, 0.5) is 17.1 Å². The van der Waals surface area contributed by atoms with Crippen molar-refractivity contribution in [2.45, 2.75) is 5.41 Å². The molecule has 0 bridgehead atoms. The first-order chi connectivity index (χ1) is 27.8. The molecule has 3 heteroatoms. The highest BCUT2D eigenvalue weighted by molar-refractivity contribution is 6.33. The Morgan fingerprint density at radius 3 is 1.66 bits per heavy atom. The zero-order chi connectivity index (χ0) is 36.8. The summed E-state index contributed by atoms with van der Waals surface area (Å²) in [6.45, 7) is 0. The Bertz CT molecular complexity index is 3270. The molecule has 2 heterocycles. The molecule has 56 heavy (non-hydrogen) atoms. The second kappa shape index (κ2) is 11.8. The van der Waals surface area contributed by atoms with Crippen molar-refractivity contribution in [3.63, 3.8) is 0 Å². The molecule has 0 saturated carbocycles. The molecule has 0 aliphatic heterocycles. The van der Waals surface area contributed by atoms with Gasteiger partial charge in [-0.1, -0.05) is 152 Å². The van der Waals surface area contributed by atoms with E-state index in [9.17, 15) is 0 Å². The van der Waals surface area contributed by atoms with E-state index < -0.39 is 5.41 Å². The van der Waals surface area contributed by atoms with Crippen LogP contribution in [0, 0.1) is 0 Å². The van der Waals surface area contributed by atoms with Gasteiger partial charge >= 0.3 is 0 Å². The number of fused-ring (bicyclic) bond motifs is 13. The Kier molecular flexibility index (Phi) is 6.55. The molecule has 2 aromatic heterocycles. The van der Waals surface area contributed by atoms with Gasteiger partial charge in [0.25, 0.3) is 0 Å². The molecule has 0 radical (unpaired) electrons. The van der Waals surface area contributed by atoms with Gasteiger partial charge in [0.1, 0.15) is 22.3 Å². The van der Waals surface area contributed by atoms with Crippen molar-refractivity contribution in [1.82, 2.24) is 0 Å². The molecule has 0 atom stereocenters. The third kappa shape index (κ3) is 4.22. The Labute approximate surface area is 323 Å². The van der Waals surface area contributed by atoms with E-state index in [-0.39, 0.29) is 0 Å². The summed E-state index contributed by atoms with van der Waals surface area (Å²) >= 11 is 0. The molecule has 12 rings (SSSR count). The number of furan rings is 2. The highest BCUT2D eigenvalue weighted by Crippen LogP contribution is 2.57. The number of benzene rings is 9. The van der Waals surface area contributed by atoms with Crippen LogP contribution in [0.5, 0.6) is 0 Å². The molecule has 3 nitrogen and oxygen atoms in total. The van der Waals surface area contributed by atoms with E-state index >= 15 is 0 Å². The Morgan fingerprint density at radius 1 is 0.339 bits per heavy atom. The summed E-state index contributed by atoms with van der Waals surface area (Å²) < 4.78 is 13.3. The Morgan fingerprint density at radius 2 is 0.893 bits per heavy atom. The van der Waals surface area contributed by atoms with Crippen LogP contribution in [0.25, 0.3) is 65.8 Å². The predicted octanol–water partition coefficient (Wildman–Crippen LogP) is 14.5. The van der Waals surface area contributed by atoms with Crippen LogP contribution in [-0.2, 0) is 5.41 Å². The van der Waals surface area contributed by atoms with Crippen molar-refractivity contribution >= 4 is 71.7 Å². The predicted molar refractivity (Wildman–Crippen MR) is 230 cm³/mol. The van der Waals surface area contributed by atoms with Crippen LogP contribution in [0.15, 0.2) is 209 Å². The maximum atomic E-state index is 6.83. The van der Waals surface area contributed by atoms with Gasteiger partial charge in [-0.3, -0.25) is 0 Å². The highest BCUT2D eigenvalue weighted by Gasteiger charge is 2.46. The summed E-state index contributed by atoms with van der Waals surface area (Å²) in [7, 11) is 0. The second-order valence-electron chi connectivity index (χ2n) is 14.8. The molecule has 1 aliphatic rings. The molecule has 0 amide bonds. The van der Waals surface area contributed by atoms with E-state index in [1.807, 2.05) is 12.1 Å². The minimum atomic E-state index is -0.505.